The molecule has 0 amide bonds. The van der Waals surface area contributed by atoms with E-state index in [0.717, 1.165) is 37.5 Å². The molecule has 3 nitrogen and oxygen atoms in total. The minimum Gasteiger partial charge on any atom is -0.382 e. The highest BCUT2D eigenvalue weighted by Gasteiger charge is 2.12. The first kappa shape index (κ1) is 14.8. The van der Waals surface area contributed by atoms with E-state index in [1.807, 2.05) is 13.0 Å². The van der Waals surface area contributed by atoms with Gasteiger partial charge in [-0.15, -0.1) is 0 Å². The van der Waals surface area contributed by atoms with E-state index in [1.54, 1.807) is 0 Å². The summed E-state index contributed by atoms with van der Waals surface area (Å²) in [7, 11) is 0. The van der Waals surface area contributed by atoms with Crippen molar-refractivity contribution in [3.8, 4) is 11.4 Å². The van der Waals surface area contributed by atoms with Crippen LogP contribution in [-0.2, 0) is 11.3 Å². The van der Waals surface area contributed by atoms with Crippen molar-refractivity contribution in [2.24, 2.45) is 0 Å². The van der Waals surface area contributed by atoms with E-state index in [0.29, 0.717) is 0 Å². The summed E-state index contributed by atoms with van der Waals surface area (Å²) >= 11 is 0. The van der Waals surface area contributed by atoms with E-state index >= 15 is 0 Å². The lowest BCUT2D eigenvalue weighted by Gasteiger charge is -2.10. The van der Waals surface area contributed by atoms with Gasteiger partial charge in [0, 0.05) is 25.3 Å². The number of fused-ring (bicyclic) bond motifs is 1. The van der Waals surface area contributed by atoms with Crippen LogP contribution in [-0.4, -0.2) is 22.8 Å². The Morgan fingerprint density at radius 3 is 2.77 bits per heavy atom. The number of aromatic nitrogens is 2. The van der Waals surface area contributed by atoms with Gasteiger partial charge in [0.1, 0.15) is 5.82 Å². The zero-order valence-corrected chi connectivity index (χ0v) is 13.2. The second-order valence-corrected chi connectivity index (χ2v) is 5.50. The number of para-hydroxylation sites is 2. The molecule has 0 aliphatic carbocycles. The van der Waals surface area contributed by atoms with Gasteiger partial charge in [-0.3, -0.25) is 0 Å². The van der Waals surface area contributed by atoms with E-state index < -0.39 is 0 Å². The number of hydrogen-bond acceptors (Lipinski definition) is 2. The van der Waals surface area contributed by atoms with Crippen LogP contribution in [0.2, 0.25) is 0 Å². The highest BCUT2D eigenvalue weighted by atomic mass is 16.5. The van der Waals surface area contributed by atoms with Crippen LogP contribution in [0, 0.1) is 6.92 Å². The first-order chi connectivity index (χ1) is 10.8. The van der Waals surface area contributed by atoms with Gasteiger partial charge in [-0.1, -0.05) is 35.9 Å². The number of imidazole rings is 1. The third kappa shape index (κ3) is 3.04. The van der Waals surface area contributed by atoms with Gasteiger partial charge in [-0.2, -0.15) is 0 Å². The molecular formula is C19H22N2O. The largest absolute Gasteiger partial charge is 0.382 e. The second-order valence-electron chi connectivity index (χ2n) is 5.50. The zero-order chi connectivity index (χ0) is 15.4. The number of hydrogen-bond donors (Lipinski definition) is 0. The highest BCUT2D eigenvalue weighted by Crippen LogP contribution is 2.25. The number of aryl methyl sites for hydroxylation is 2. The molecule has 1 aromatic heterocycles. The minimum atomic E-state index is 0.773. The number of rotatable bonds is 6. The van der Waals surface area contributed by atoms with Gasteiger partial charge in [0.2, 0.25) is 0 Å². The predicted octanol–water partition coefficient (Wildman–Crippen LogP) is 4.44. The van der Waals surface area contributed by atoms with Crippen LogP contribution in [0.3, 0.4) is 0 Å². The quantitative estimate of drug-likeness (QED) is 0.628. The molecule has 22 heavy (non-hydrogen) atoms. The van der Waals surface area contributed by atoms with E-state index in [4.69, 9.17) is 9.72 Å². The van der Waals surface area contributed by atoms with Crippen molar-refractivity contribution >= 4 is 11.0 Å². The predicted molar refractivity (Wildman–Crippen MR) is 91.0 cm³/mol. The number of benzene rings is 2. The molecule has 3 aromatic rings. The maximum Gasteiger partial charge on any atom is 0.141 e. The third-order valence-electron chi connectivity index (χ3n) is 3.81. The first-order valence-corrected chi connectivity index (χ1v) is 7.89. The summed E-state index contributed by atoms with van der Waals surface area (Å²) in [6.07, 6.45) is 0.993. The van der Waals surface area contributed by atoms with E-state index in [-0.39, 0.29) is 0 Å². The van der Waals surface area contributed by atoms with E-state index in [2.05, 4.69) is 54.0 Å². The minimum absolute atomic E-state index is 0.773. The molecule has 3 heteroatoms. The van der Waals surface area contributed by atoms with Crippen molar-refractivity contribution in [2.45, 2.75) is 26.8 Å². The standard InChI is InChI=1S/C19H22N2O/c1-3-22-13-7-12-21-18-11-5-4-10-17(18)20-19(21)16-9-6-8-15(2)14-16/h4-6,8-11,14H,3,7,12-13H2,1-2H3. The summed E-state index contributed by atoms with van der Waals surface area (Å²) in [6.45, 7) is 6.63. The zero-order valence-electron chi connectivity index (χ0n) is 13.2. The summed E-state index contributed by atoms with van der Waals surface area (Å²) in [5.74, 6) is 1.04. The normalized spacial score (nSPS) is 11.2. The molecule has 0 saturated heterocycles. The monoisotopic (exact) mass is 294 g/mol. The maximum absolute atomic E-state index is 5.47. The summed E-state index contributed by atoms with van der Waals surface area (Å²) < 4.78 is 7.78. The Bertz CT molecular complexity index is 761. The molecule has 0 spiro atoms. The smallest absolute Gasteiger partial charge is 0.141 e. The van der Waals surface area contributed by atoms with Crippen molar-refractivity contribution in [1.29, 1.82) is 0 Å². The first-order valence-electron chi connectivity index (χ1n) is 7.89. The van der Waals surface area contributed by atoms with Crippen LogP contribution in [0.4, 0.5) is 0 Å². The number of ether oxygens (including phenoxy) is 1. The van der Waals surface area contributed by atoms with Gasteiger partial charge in [-0.25, -0.2) is 4.98 Å². The van der Waals surface area contributed by atoms with Gasteiger partial charge in [0.25, 0.3) is 0 Å². The Morgan fingerprint density at radius 1 is 1.09 bits per heavy atom. The Balaban J connectivity index is 2.00. The lowest BCUT2D eigenvalue weighted by Crippen LogP contribution is -2.04. The average Bonchev–Trinajstić information content (AvgIpc) is 2.90. The Labute approximate surface area is 131 Å². The molecule has 0 radical (unpaired) electrons. The van der Waals surface area contributed by atoms with Crippen LogP contribution in [0.15, 0.2) is 48.5 Å². The van der Waals surface area contributed by atoms with Crippen LogP contribution in [0.25, 0.3) is 22.4 Å². The molecular weight excluding hydrogens is 272 g/mol. The van der Waals surface area contributed by atoms with Gasteiger partial charge in [0.05, 0.1) is 11.0 Å². The number of nitrogens with zero attached hydrogens (tertiary/aromatic N) is 2. The Hall–Kier alpha value is -2.13. The summed E-state index contributed by atoms with van der Waals surface area (Å²) in [5, 5.41) is 0. The van der Waals surface area contributed by atoms with Crippen LogP contribution in [0.1, 0.15) is 18.9 Å². The SMILES string of the molecule is CCOCCCn1c(-c2cccc(C)c2)nc2ccccc21. The molecule has 0 N–H and O–H groups in total. The molecule has 0 atom stereocenters. The maximum atomic E-state index is 5.47. The fourth-order valence-electron chi connectivity index (χ4n) is 2.78. The van der Waals surface area contributed by atoms with Crippen molar-refractivity contribution in [2.75, 3.05) is 13.2 Å². The molecule has 0 fully saturated rings. The average molecular weight is 294 g/mol. The van der Waals surface area contributed by atoms with Crippen LogP contribution >= 0.6 is 0 Å². The summed E-state index contributed by atoms with van der Waals surface area (Å²) in [4.78, 5) is 4.85. The second kappa shape index (κ2) is 6.75. The molecule has 0 saturated carbocycles. The van der Waals surface area contributed by atoms with Crippen molar-refractivity contribution in [3.63, 3.8) is 0 Å². The van der Waals surface area contributed by atoms with Crippen LogP contribution in [0.5, 0.6) is 0 Å². The van der Waals surface area contributed by atoms with Gasteiger partial charge in [-0.05, 0) is 38.5 Å². The fourth-order valence-corrected chi connectivity index (χ4v) is 2.78. The van der Waals surface area contributed by atoms with Crippen molar-refractivity contribution in [3.05, 3.63) is 54.1 Å². The molecule has 3 rings (SSSR count). The summed E-state index contributed by atoms with van der Waals surface area (Å²) in [6, 6.07) is 16.9. The summed E-state index contributed by atoms with van der Waals surface area (Å²) in [5.41, 5.74) is 4.67. The molecule has 2 aromatic carbocycles. The molecule has 0 aliphatic rings. The van der Waals surface area contributed by atoms with Crippen LogP contribution < -0.4 is 0 Å². The lowest BCUT2D eigenvalue weighted by atomic mass is 10.1. The molecule has 114 valence electrons. The van der Waals surface area contributed by atoms with Gasteiger partial charge in [0.15, 0.2) is 0 Å². The Kier molecular flexibility index (Phi) is 4.54. The highest BCUT2D eigenvalue weighted by molar-refractivity contribution is 5.80. The van der Waals surface area contributed by atoms with Crippen molar-refractivity contribution < 1.29 is 4.74 Å². The topological polar surface area (TPSA) is 27.1 Å². The molecule has 1 heterocycles. The molecule has 0 bridgehead atoms. The van der Waals surface area contributed by atoms with Gasteiger partial charge < -0.3 is 9.30 Å². The van der Waals surface area contributed by atoms with E-state index in [9.17, 15) is 0 Å². The fraction of sp³-hybridized carbons (Fsp3) is 0.316. The van der Waals surface area contributed by atoms with Gasteiger partial charge >= 0.3 is 0 Å². The third-order valence-corrected chi connectivity index (χ3v) is 3.81. The van der Waals surface area contributed by atoms with E-state index in [1.165, 1.54) is 16.6 Å². The molecule has 0 aliphatic heterocycles. The van der Waals surface area contributed by atoms with Crippen molar-refractivity contribution in [1.82, 2.24) is 9.55 Å². The lowest BCUT2D eigenvalue weighted by molar-refractivity contribution is 0.142. The molecule has 0 unspecified atom stereocenters. The Morgan fingerprint density at radius 2 is 1.95 bits per heavy atom.